The molecule has 1 fully saturated rings. The van der Waals surface area contributed by atoms with E-state index in [1.165, 1.54) is 12.8 Å². The molecule has 0 unspecified atom stereocenters. The van der Waals surface area contributed by atoms with Crippen LogP contribution < -0.4 is 21.3 Å². The van der Waals surface area contributed by atoms with E-state index < -0.39 is 23.4 Å². The van der Waals surface area contributed by atoms with Crippen LogP contribution in [0, 0.1) is 5.92 Å². The van der Waals surface area contributed by atoms with E-state index in [1.54, 1.807) is 12.4 Å². The number of carbonyl (C=O) groups is 2. The van der Waals surface area contributed by atoms with Gasteiger partial charge in [-0.3, -0.25) is 10.6 Å². The summed E-state index contributed by atoms with van der Waals surface area (Å²) in [5.74, 6) is 1.73. The zero-order valence-corrected chi connectivity index (χ0v) is 26.7. The molecule has 0 bridgehead atoms. The van der Waals surface area contributed by atoms with Gasteiger partial charge in [-0.15, -0.1) is 0 Å². The van der Waals surface area contributed by atoms with Gasteiger partial charge in [0.25, 0.3) is 0 Å². The molecule has 2 amide bonds. The molecule has 2 aromatic heterocycles. The van der Waals surface area contributed by atoms with E-state index in [0.717, 1.165) is 24.2 Å². The van der Waals surface area contributed by atoms with E-state index in [1.807, 2.05) is 88.6 Å². The highest BCUT2D eigenvalue weighted by Crippen LogP contribution is 2.30. The molecule has 238 valence electrons. The summed E-state index contributed by atoms with van der Waals surface area (Å²) in [4.78, 5) is 38.6. The lowest BCUT2D eigenvalue weighted by atomic mass is 10.1. The molecule has 0 spiro atoms. The van der Waals surface area contributed by atoms with Gasteiger partial charge < -0.3 is 24.7 Å². The van der Waals surface area contributed by atoms with Crippen LogP contribution in [0.2, 0.25) is 0 Å². The number of amides is 2. The van der Waals surface area contributed by atoms with Crippen LogP contribution in [0.5, 0.6) is 0 Å². The van der Waals surface area contributed by atoms with Crippen LogP contribution in [-0.4, -0.2) is 49.5 Å². The second-order valence-corrected chi connectivity index (χ2v) is 13.2. The molecule has 12 nitrogen and oxygen atoms in total. The summed E-state index contributed by atoms with van der Waals surface area (Å²) in [6.45, 7) is 12.4. The molecule has 1 aliphatic carbocycles. The van der Waals surface area contributed by atoms with Gasteiger partial charge in [-0.2, -0.15) is 9.97 Å². The Bertz CT molecular complexity index is 1650. The summed E-state index contributed by atoms with van der Waals surface area (Å²) >= 11 is 0. The minimum absolute atomic E-state index is 0.485. The predicted octanol–water partition coefficient (Wildman–Crippen LogP) is 7.33. The predicted molar refractivity (Wildman–Crippen MR) is 176 cm³/mol. The highest BCUT2D eigenvalue weighted by Gasteiger charge is 2.22. The Labute approximate surface area is 263 Å². The molecule has 2 aromatic carbocycles. The lowest BCUT2D eigenvalue weighted by molar-refractivity contribution is 0.0624. The lowest BCUT2D eigenvalue weighted by Gasteiger charge is -2.19. The normalized spacial score (nSPS) is 13.3. The molecular weight excluding hydrogens is 572 g/mol. The molecule has 4 aromatic rings. The van der Waals surface area contributed by atoms with Crippen LogP contribution in [0.15, 0.2) is 54.9 Å². The van der Waals surface area contributed by atoms with Gasteiger partial charge >= 0.3 is 12.2 Å². The molecule has 0 aliphatic heterocycles. The fraction of sp³-hybridized carbons (Fsp3) is 0.424. The first-order valence-electron chi connectivity index (χ1n) is 15.2. The number of ether oxygens (including phenoxy) is 2. The summed E-state index contributed by atoms with van der Waals surface area (Å²) in [6, 6.07) is 15.0. The van der Waals surface area contributed by atoms with Gasteiger partial charge in [0, 0.05) is 30.2 Å². The smallest absolute Gasteiger partial charge is 0.412 e. The van der Waals surface area contributed by atoms with Crippen molar-refractivity contribution < 1.29 is 19.1 Å². The topological polar surface area (TPSA) is 144 Å². The Kier molecular flexibility index (Phi) is 9.12. The van der Waals surface area contributed by atoms with E-state index >= 15 is 0 Å². The summed E-state index contributed by atoms with van der Waals surface area (Å²) in [5.41, 5.74) is 3.26. The van der Waals surface area contributed by atoms with E-state index in [9.17, 15) is 9.59 Å². The van der Waals surface area contributed by atoms with E-state index in [2.05, 4.69) is 26.3 Å². The number of benzene rings is 2. The lowest BCUT2D eigenvalue weighted by Crippen LogP contribution is -2.27. The standard InChI is InChI=1S/C33H42N8O4/c1-32(2,3)44-30(42)37-23-14-12-21(13-15-23)16-17-41-20-35-26-27(39-29(40-28(26)41)34-19-22-10-11-22)36-24-8-7-9-25(18-24)38-31(43)45-33(4,5)6/h7-9,12-15,18,20,22H,10-11,16-17,19H2,1-6H3,(H,37,42)(H,38,43)(H2,34,36,39,40). The fourth-order valence-electron chi connectivity index (χ4n) is 4.49. The third-order valence-electron chi connectivity index (χ3n) is 6.72. The first-order valence-corrected chi connectivity index (χ1v) is 15.2. The maximum absolute atomic E-state index is 12.3. The first-order chi connectivity index (χ1) is 21.3. The van der Waals surface area contributed by atoms with Crippen LogP contribution in [0.4, 0.5) is 38.4 Å². The second-order valence-electron chi connectivity index (χ2n) is 13.2. The molecule has 45 heavy (non-hydrogen) atoms. The highest BCUT2D eigenvalue weighted by molar-refractivity contribution is 5.89. The molecule has 0 saturated heterocycles. The van der Waals surface area contributed by atoms with E-state index in [4.69, 9.17) is 19.4 Å². The Morgan fingerprint density at radius 2 is 1.51 bits per heavy atom. The number of nitrogens with zero attached hydrogens (tertiary/aromatic N) is 4. The molecule has 2 heterocycles. The maximum Gasteiger partial charge on any atom is 0.412 e. The largest absolute Gasteiger partial charge is 0.444 e. The number of nitrogens with one attached hydrogen (secondary N) is 4. The Hall–Kier alpha value is -4.87. The third-order valence-corrected chi connectivity index (χ3v) is 6.72. The number of hydrogen-bond donors (Lipinski definition) is 4. The number of imidazole rings is 1. The number of hydrogen-bond acceptors (Lipinski definition) is 9. The monoisotopic (exact) mass is 614 g/mol. The van der Waals surface area contributed by atoms with Gasteiger partial charge in [-0.25, -0.2) is 14.6 Å². The molecule has 5 rings (SSSR count). The van der Waals surface area contributed by atoms with E-state index in [0.29, 0.717) is 46.8 Å². The molecule has 12 heteroatoms. The Balaban J connectivity index is 1.31. The summed E-state index contributed by atoms with van der Waals surface area (Å²) < 4.78 is 12.7. The highest BCUT2D eigenvalue weighted by atomic mass is 16.6. The van der Waals surface area contributed by atoms with Crippen molar-refractivity contribution in [3.05, 3.63) is 60.4 Å². The Morgan fingerprint density at radius 1 is 0.867 bits per heavy atom. The number of anilines is 5. The van der Waals surface area contributed by atoms with Crippen LogP contribution >= 0.6 is 0 Å². The van der Waals surface area contributed by atoms with Crippen LogP contribution in [0.25, 0.3) is 11.2 Å². The summed E-state index contributed by atoms with van der Waals surface area (Å²) in [7, 11) is 0. The van der Waals surface area contributed by atoms with Gasteiger partial charge in [0.15, 0.2) is 17.0 Å². The molecule has 0 atom stereocenters. The minimum atomic E-state index is -0.600. The molecule has 4 N–H and O–H groups in total. The molecule has 1 saturated carbocycles. The molecule has 0 radical (unpaired) electrons. The zero-order chi connectivity index (χ0) is 32.2. The van der Waals surface area contributed by atoms with Crippen molar-refractivity contribution in [2.24, 2.45) is 5.92 Å². The Morgan fingerprint density at radius 3 is 2.16 bits per heavy atom. The number of aryl methyl sites for hydroxylation is 2. The van der Waals surface area contributed by atoms with Crippen LogP contribution in [0.3, 0.4) is 0 Å². The van der Waals surface area contributed by atoms with Gasteiger partial charge in [-0.1, -0.05) is 18.2 Å². The fourth-order valence-corrected chi connectivity index (χ4v) is 4.49. The second kappa shape index (κ2) is 13.0. The van der Waals surface area contributed by atoms with Crippen molar-refractivity contribution in [1.29, 1.82) is 0 Å². The van der Waals surface area contributed by atoms with Crippen molar-refractivity contribution >= 4 is 52.2 Å². The van der Waals surface area contributed by atoms with Gasteiger partial charge in [0.05, 0.1) is 6.33 Å². The number of fused-ring (bicyclic) bond motifs is 1. The minimum Gasteiger partial charge on any atom is -0.444 e. The number of rotatable bonds is 10. The average Bonchev–Trinajstić information content (AvgIpc) is 3.68. The van der Waals surface area contributed by atoms with Crippen molar-refractivity contribution in [3.63, 3.8) is 0 Å². The molecule has 1 aliphatic rings. The van der Waals surface area contributed by atoms with Crippen molar-refractivity contribution in [3.8, 4) is 0 Å². The van der Waals surface area contributed by atoms with Crippen LogP contribution in [-0.2, 0) is 22.4 Å². The van der Waals surface area contributed by atoms with Gasteiger partial charge in [0.2, 0.25) is 5.95 Å². The average molecular weight is 615 g/mol. The SMILES string of the molecule is CC(C)(C)OC(=O)Nc1ccc(CCn2cnc3c(Nc4cccc(NC(=O)OC(C)(C)C)c4)nc(NCC4CC4)nc32)cc1. The summed E-state index contributed by atoms with van der Waals surface area (Å²) in [6.07, 6.45) is 3.91. The summed E-state index contributed by atoms with van der Waals surface area (Å²) in [5, 5.41) is 12.3. The third kappa shape index (κ3) is 9.56. The quantitative estimate of drug-likeness (QED) is 0.144. The van der Waals surface area contributed by atoms with E-state index in [-0.39, 0.29) is 0 Å². The van der Waals surface area contributed by atoms with Crippen molar-refractivity contribution in [2.45, 2.75) is 78.6 Å². The maximum atomic E-state index is 12.3. The zero-order valence-electron chi connectivity index (χ0n) is 26.7. The number of aromatic nitrogens is 4. The first kappa shape index (κ1) is 31.6. The van der Waals surface area contributed by atoms with Gasteiger partial charge in [0.1, 0.15) is 11.2 Å². The van der Waals surface area contributed by atoms with Crippen LogP contribution in [0.1, 0.15) is 59.9 Å². The van der Waals surface area contributed by atoms with Gasteiger partial charge in [-0.05, 0) is 103 Å². The van der Waals surface area contributed by atoms with Crippen molar-refractivity contribution in [2.75, 3.05) is 27.8 Å². The van der Waals surface area contributed by atoms with Crippen molar-refractivity contribution in [1.82, 2.24) is 19.5 Å². The number of carbonyl (C=O) groups excluding carboxylic acids is 2. The molecular formula is C33H42N8O4.